The van der Waals surface area contributed by atoms with Gasteiger partial charge in [0.1, 0.15) is 5.82 Å². The molecule has 1 fully saturated rings. The summed E-state index contributed by atoms with van der Waals surface area (Å²) < 4.78 is 0. The SMILES string of the molecule is CCCNc1ncc(C)c(N2CC(C)CCC2C)n1. The van der Waals surface area contributed by atoms with E-state index in [-0.39, 0.29) is 0 Å². The predicted octanol–water partition coefficient (Wildman–Crippen LogP) is 3.23. The lowest BCUT2D eigenvalue weighted by Crippen LogP contribution is -2.42. The normalized spacial score (nSPS) is 23.5. The van der Waals surface area contributed by atoms with Crippen molar-refractivity contribution in [2.45, 2.75) is 53.0 Å². The van der Waals surface area contributed by atoms with Crippen LogP contribution >= 0.6 is 0 Å². The van der Waals surface area contributed by atoms with Crippen LogP contribution in [0.2, 0.25) is 0 Å². The third-order valence-corrected chi connectivity index (χ3v) is 3.87. The highest BCUT2D eigenvalue weighted by Gasteiger charge is 2.25. The minimum Gasteiger partial charge on any atom is -0.354 e. The summed E-state index contributed by atoms with van der Waals surface area (Å²) in [7, 11) is 0. The molecule has 0 aliphatic carbocycles. The van der Waals surface area contributed by atoms with E-state index in [0.29, 0.717) is 6.04 Å². The van der Waals surface area contributed by atoms with Crippen molar-refractivity contribution in [3.8, 4) is 0 Å². The van der Waals surface area contributed by atoms with Gasteiger partial charge in [0.05, 0.1) is 0 Å². The van der Waals surface area contributed by atoms with Gasteiger partial charge in [0.15, 0.2) is 0 Å². The van der Waals surface area contributed by atoms with Gasteiger partial charge in [0.2, 0.25) is 5.95 Å². The number of nitrogens with zero attached hydrogens (tertiary/aromatic N) is 3. The number of anilines is 2. The maximum Gasteiger partial charge on any atom is 0.224 e. The van der Waals surface area contributed by atoms with Gasteiger partial charge in [0, 0.05) is 30.9 Å². The molecule has 1 aliphatic rings. The smallest absolute Gasteiger partial charge is 0.224 e. The molecule has 0 radical (unpaired) electrons. The zero-order chi connectivity index (χ0) is 13.8. The van der Waals surface area contributed by atoms with Gasteiger partial charge in [-0.1, -0.05) is 13.8 Å². The summed E-state index contributed by atoms with van der Waals surface area (Å²) >= 11 is 0. The number of hydrogen-bond acceptors (Lipinski definition) is 4. The Morgan fingerprint density at radius 3 is 2.89 bits per heavy atom. The molecule has 0 aromatic carbocycles. The highest BCUT2D eigenvalue weighted by Crippen LogP contribution is 2.28. The van der Waals surface area contributed by atoms with Gasteiger partial charge in [-0.25, -0.2) is 4.98 Å². The molecule has 1 aliphatic heterocycles. The van der Waals surface area contributed by atoms with Crippen LogP contribution in [0.3, 0.4) is 0 Å². The average molecular weight is 262 g/mol. The molecule has 2 rings (SSSR count). The summed E-state index contributed by atoms with van der Waals surface area (Å²) in [5.74, 6) is 2.61. The molecule has 1 saturated heterocycles. The first-order valence-electron chi connectivity index (χ1n) is 7.46. The van der Waals surface area contributed by atoms with Crippen LogP contribution in [0.25, 0.3) is 0 Å². The number of aromatic nitrogens is 2. The fraction of sp³-hybridized carbons (Fsp3) is 0.733. The summed E-state index contributed by atoms with van der Waals surface area (Å²) in [6.07, 6.45) is 5.60. The van der Waals surface area contributed by atoms with Gasteiger partial charge in [-0.05, 0) is 39.0 Å². The lowest BCUT2D eigenvalue weighted by Gasteiger charge is -2.38. The summed E-state index contributed by atoms with van der Waals surface area (Å²) in [5.41, 5.74) is 1.17. The molecular weight excluding hydrogens is 236 g/mol. The Morgan fingerprint density at radius 2 is 2.16 bits per heavy atom. The van der Waals surface area contributed by atoms with Crippen molar-refractivity contribution < 1.29 is 0 Å². The molecular formula is C15H26N4. The number of aryl methyl sites for hydroxylation is 1. The Labute approximate surface area is 116 Å². The molecule has 2 unspecified atom stereocenters. The zero-order valence-corrected chi connectivity index (χ0v) is 12.6. The van der Waals surface area contributed by atoms with Crippen LogP contribution in [0, 0.1) is 12.8 Å². The number of rotatable bonds is 4. The van der Waals surface area contributed by atoms with Gasteiger partial charge in [-0.15, -0.1) is 0 Å². The van der Waals surface area contributed by atoms with Crippen molar-refractivity contribution >= 4 is 11.8 Å². The van der Waals surface area contributed by atoms with Gasteiger partial charge in [0.25, 0.3) is 0 Å². The topological polar surface area (TPSA) is 41.1 Å². The Bertz CT molecular complexity index is 419. The Morgan fingerprint density at radius 1 is 1.37 bits per heavy atom. The molecule has 4 nitrogen and oxygen atoms in total. The van der Waals surface area contributed by atoms with E-state index in [2.05, 4.69) is 42.9 Å². The fourth-order valence-corrected chi connectivity index (χ4v) is 2.63. The Hall–Kier alpha value is -1.32. The van der Waals surface area contributed by atoms with Crippen LogP contribution in [-0.2, 0) is 0 Å². The van der Waals surface area contributed by atoms with E-state index in [0.717, 1.165) is 37.2 Å². The molecule has 0 spiro atoms. The molecule has 2 atom stereocenters. The first-order valence-corrected chi connectivity index (χ1v) is 7.46. The van der Waals surface area contributed by atoms with Crippen LogP contribution in [0.5, 0.6) is 0 Å². The molecule has 1 aromatic rings. The second-order valence-corrected chi connectivity index (χ2v) is 5.81. The van der Waals surface area contributed by atoms with Crippen LogP contribution < -0.4 is 10.2 Å². The summed E-state index contributed by atoms with van der Waals surface area (Å²) in [5, 5.41) is 3.28. The standard InChI is InChI=1S/C15H26N4/c1-5-8-16-15-17-9-12(3)14(18-15)19-10-11(2)6-7-13(19)4/h9,11,13H,5-8,10H2,1-4H3,(H,16,17,18). The fourth-order valence-electron chi connectivity index (χ4n) is 2.63. The highest BCUT2D eigenvalue weighted by molar-refractivity contribution is 5.50. The number of hydrogen-bond donors (Lipinski definition) is 1. The van der Waals surface area contributed by atoms with Crippen molar-refractivity contribution in [2.75, 3.05) is 23.3 Å². The lowest BCUT2D eigenvalue weighted by molar-refractivity contribution is 0.387. The van der Waals surface area contributed by atoms with E-state index in [9.17, 15) is 0 Å². The van der Waals surface area contributed by atoms with Crippen molar-refractivity contribution in [3.05, 3.63) is 11.8 Å². The van der Waals surface area contributed by atoms with E-state index in [1.165, 1.54) is 18.4 Å². The van der Waals surface area contributed by atoms with Crippen LogP contribution in [0.4, 0.5) is 11.8 Å². The second kappa shape index (κ2) is 6.22. The average Bonchev–Trinajstić information content (AvgIpc) is 2.41. The van der Waals surface area contributed by atoms with Crippen LogP contribution in [0.1, 0.15) is 45.6 Å². The van der Waals surface area contributed by atoms with E-state index in [4.69, 9.17) is 4.98 Å². The van der Waals surface area contributed by atoms with Crippen LogP contribution in [0.15, 0.2) is 6.20 Å². The largest absolute Gasteiger partial charge is 0.354 e. The number of nitrogens with one attached hydrogen (secondary N) is 1. The van der Waals surface area contributed by atoms with Crippen molar-refractivity contribution in [2.24, 2.45) is 5.92 Å². The van der Waals surface area contributed by atoms with Gasteiger partial charge in [-0.2, -0.15) is 4.98 Å². The molecule has 106 valence electrons. The summed E-state index contributed by atoms with van der Waals surface area (Å²) in [6, 6.07) is 0.573. The van der Waals surface area contributed by atoms with Crippen molar-refractivity contribution in [3.63, 3.8) is 0 Å². The van der Waals surface area contributed by atoms with Crippen LogP contribution in [-0.4, -0.2) is 29.1 Å². The van der Waals surface area contributed by atoms with Gasteiger partial charge in [-0.3, -0.25) is 0 Å². The molecule has 19 heavy (non-hydrogen) atoms. The van der Waals surface area contributed by atoms with E-state index < -0.39 is 0 Å². The first-order chi connectivity index (χ1) is 9.11. The monoisotopic (exact) mass is 262 g/mol. The molecule has 0 saturated carbocycles. The Kier molecular flexibility index (Phi) is 4.61. The predicted molar refractivity (Wildman–Crippen MR) is 80.8 cm³/mol. The lowest BCUT2D eigenvalue weighted by atomic mass is 9.95. The maximum absolute atomic E-state index is 4.72. The maximum atomic E-state index is 4.72. The third kappa shape index (κ3) is 3.37. The Balaban J connectivity index is 2.21. The first kappa shape index (κ1) is 14.1. The minimum atomic E-state index is 0.573. The highest BCUT2D eigenvalue weighted by atomic mass is 15.3. The molecule has 1 N–H and O–H groups in total. The summed E-state index contributed by atoms with van der Waals surface area (Å²) in [4.78, 5) is 11.5. The molecule has 1 aromatic heterocycles. The van der Waals surface area contributed by atoms with Gasteiger partial charge < -0.3 is 10.2 Å². The van der Waals surface area contributed by atoms with E-state index in [1.807, 2.05) is 6.20 Å². The summed E-state index contributed by atoms with van der Waals surface area (Å²) in [6.45, 7) is 10.9. The van der Waals surface area contributed by atoms with E-state index in [1.54, 1.807) is 0 Å². The zero-order valence-electron chi connectivity index (χ0n) is 12.6. The molecule has 4 heteroatoms. The quantitative estimate of drug-likeness (QED) is 0.904. The van der Waals surface area contributed by atoms with Crippen molar-refractivity contribution in [1.82, 2.24) is 9.97 Å². The molecule has 2 heterocycles. The van der Waals surface area contributed by atoms with Gasteiger partial charge >= 0.3 is 0 Å². The van der Waals surface area contributed by atoms with Crippen molar-refractivity contribution in [1.29, 1.82) is 0 Å². The number of piperidine rings is 1. The molecule has 0 bridgehead atoms. The third-order valence-electron chi connectivity index (χ3n) is 3.87. The molecule has 0 amide bonds. The minimum absolute atomic E-state index is 0.573. The van der Waals surface area contributed by atoms with E-state index >= 15 is 0 Å². The second-order valence-electron chi connectivity index (χ2n) is 5.81.